The van der Waals surface area contributed by atoms with Crippen molar-refractivity contribution in [3.63, 3.8) is 0 Å². The molecule has 4 fully saturated rings. The van der Waals surface area contributed by atoms with Crippen LogP contribution in [-0.2, 0) is 0 Å². The van der Waals surface area contributed by atoms with E-state index in [2.05, 4.69) is 46.9 Å². The molecule has 0 radical (unpaired) electrons. The summed E-state index contributed by atoms with van der Waals surface area (Å²) in [6, 6.07) is 0. The second-order valence-electron chi connectivity index (χ2n) is 11.9. The van der Waals surface area contributed by atoms with Crippen molar-refractivity contribution in [2.75, 3.05) is 0 Å². The van der Waals surface area contributed by atoms with Crippen LogP contribution in [0.2, 0.25) is 0 Å². The van der Waals surface area contributed by atoms with E-state index in [1.165, 1.54) is 63.4 Å². The first-order valence-corrected chi connectivity index (χ1v) is 12.2. The lowest BCUT2D eigenvalue weighted by Crippen LogP contribution is -2.52. The van der Waals surface area contributed by atoms with Crippen LogP contribution in [0.1, 0.15) is 91.9 Å². The fourth-order valence-electron chi connectivity index (χ4n) is 9.00. The smallest absolute Gasteiger partial charge is 0.0771 e. The Labute approximate surface area is 174 Å². The lowest BCUT2D eigenvalue weighted by Gasteiger charge is -2.52. The van der Waals surface area contributed by atoms with Crippen molar-refractivity contribution in [3.05, 3.63) is 24.8 Å². The molecule has 0 aliphatic heterocycles. The van der Waals surface area contributed by atoms with E-state index in [4.69, 9.17) is 0 Å². The fraction of sp³-hybridized carbons (Fsp3) is 0.852. The third-order valence-corrected chi connectivity index (χ3v) is 10.5. The van der Waals surface area contributed by atoms with Crippen molar-refractivity contribution in [2.45, 2.75) is 97.5 Å². The molecule has 1 heteroatoms. The first-order chi connectivity index (χ1) is 13.2. The number of aliphatic hydroxyl groups is 1. The molecule has 4 rings (SSSR count). The predicted molar refractivity (Wildman–Crippen MR) is 119 cm³/mol. The SMILES string of the molecule is C=CC1C2C3CCC(CCCC(=C)C)C3(C)CCC2C2(C)CCC(C)CC12O. The molecule has 0 aromatic rings. The van der Waals surface area contributed by atoms with Crippen LogP contribution in [-0.4, -0.2) is 10.7 Å². The molecule has 0 bridgehead atoms. The van der Waals surface area contributed by atoms with Gasteiger partial charge in [0.2, 0.25) is 0 Å². The van der Waals surface area contributed by atoms with Gasteiger partial charge in [0, 0.05) is 11.3 Å². The average molecular weight is 385 g/mol. The Hall–Kier alpha value is -0.560. The number of hydrogen-bond donors (Lipinski definition) is 1. The third-order valence-electron chi connectivity index (χ3n) is 10.5. The summed E-state index contributed by atoms with van der Waals surface area (Å²) in [7, 11) is 0. The third kappa shape index (κ3) is 2.74. The normalized spacial score (nSPS) is 52.6. The second kappa shape index (κ2) is 7.00. The summed E-state index contributed by atoms with van der Waals surface area (Å²) >= 11 is 0. The maximum Gasteiger partial charge on any atom is 0.0771 e. The van der Waals surface area contributed by atoms with Gasteiger partial charge in [-0.15, -0.1) is 13.2 Å². The summed E-state index contributed by atoms with van der Waals surface area (Å²) < 4.78 is 0. The van der Waals surface area contributed by atoms with E-state index in [1.807, 2.05) is 0 Å². The minimum atomic E-state index is -0.523. The molecule has 0 saturated heterocycles. The van der Waals surface area contributed by atoms with Gasteiger partial charge in [-0.3, -0.25) is 0 Å². The van der Waals surface area contributed by atoms with Gasteiger partial charge in [-0.2, -0.15) is 0 Å². The van der Waals surface area contributed by atoms with Crippen molar-refractivity contribution < 1.29 is 5.11 Å². The van der Waals surface area contributed by atoms with Crippen molar-refractivity contribution >= 4 is 0 Å². The molecule has 158 valence electrons. The summed E-state index contributed by atoms with van der Waals surface area (Å²) in [6.07, 6.45) is 15.0. The van der Waals surface area contributed by atoms with Crippen LogP contribution < -0.4 is 0 Å². The Balaban J connectivity index is 1.62. The van der Waals surface area contributed by atoms with Crippen LogP contribution in [0.5, 0.6) is 0 Å². The molecule has 4 aliphatic carbocycles. The van der Waals surface area contributed by atoms with E-state index in [9.17, 15) is 5.11 Å². The number of hydrogen-bond acceptors (Lipinski definition) is 1. The fourth-order valence-corrected chi connectivity index (χ4v) is 9.00. The highest BCUT2D eigenvalue weighted by atomic mass is 16.3. The number of rotatable bonds is 5. The van der Waals surface area contributed by atoms with Gasteiger partial charge in [0.05, 0.1) is 5.60 Å². The van der Waals surface area contributed by atoms with E-state index in [-0.39, 0.29) is 5.41 Å². The van der Waals surface area contributed by atoms with Crippen molar-refractivity contribution in [1.29, 1.82) is 0 Å². The molecular formula is C27H44O. The molecule has 4 aliphatic rings. The summed E-state index contributed by atoms with van der Waals surface area (Å²) in [6.45, 7) is 18.0. The Kier molecular flexibility index (Phi) is 5.18. The molecule has 0 aromatic carbocycles. The summed E-state index contributed by atoms with van der Waals surface area (Å²) in [4.78, 5) is 0. The van der Waals surface area contributed by atoms with E-state index < -0.39 is 5.60 Å². The first-order valence-electron chi connectivity index (χ1n) is 12.2. The van der Waals surface area contributed by atoms with Gasteiger partial charge < -0.3 is 5.11 Å². The average Bonchev–Trinajstić information content (AvgIpc) is 3.04. The number of fused-ring (bicyclic) bond motifs is 5. The van der Waals surface area contributed by atoms with Crippen molar-refractivity contribution in [1.82, 2.24) is 0 Å². The molecule has 4 saturated carbocycles. The van der Waals surface area contributed by atoms with Crippen molar-refractivity contribution in [3.8, 4) is 0 Å². The maximum absolute atomic E-state index is 12.1. The zero-order valence-corrected chi connectivity index (χ0v) is 19.0. The van der Waals surface area contributed by atoms with Crippen LogP contribution in [0.25, 0.3) is 0 Å². The van der Waals surface area contributed by atoms with Gasteiger partial charge in [-0.1, -0.05) is 32.4 Å². The molecule has 9 unspecified atom stereocenters. The molecule has 1 nitrogen and oxygen atoms in total. The molecule has 9 atom stereocenters. The molecule has 0 heterocycles. The Bertz CT molecular complexity index is 636. The highest BCUT2D eigenvalue weighted by molar-refractivity contribution is 5.23. The first kappa shape index (κ1) is 20.7. The monoisotopic (exact) mass is 384 g/mol. The summed E-state index contributed by atoms with van der Waals surface area (Å²) in [5.74, 6) is 3.94. The van der Waals surface area contributed by atoms with Gasteiger partial charge in [0.15, 0.2) is 0 Å². The Morgan fingerprint density at radius 2 is 1.86 bits per heavy atom. The summed E-state index contributed by atoms with van der Waals surface area (Å²) in [5.41, 5.74) is 1.39. The van der Waals surface area contributed by atoms with Crippen LogP contribution in [0.4, 0.5) is 0 Å². The second-order valence-corrected chi connectivity index (χ2v) is 11.9. The predicted octanol–water partition coefficient (Wildman–Crippen LogP) is 7.16. The quantitative estimate of drug-likeness (QED) is 0.498. The lowest BCUT2D eigenvalue weighted by molar-refractivity contribution is -0.128. The molecule has 28 heavy (non-hydrogen) atoms. The van der Waals surface area contributed by atoms with E-state index in [0.29, 0.717) is 29.1 Å². The standard InChI is InChI=1S/C27H44O/c1-7-21-24-22-12-11-20(10-8-9-18(2)3)25(22,5)15-14-23(24)26(6)16-13-19(4)17-27(21,26)28/h7,19-24,28H,1-2,8-17H2,3-6H3. The largest absolute Gasteiger partial charge is 0.389 e. The minimum Gasteiger partial charge on any atom is -0.389 e. The van der Waals surface area contributed by atoms with Crippen LogP contribution >= 0.6 is 0 Å². The van der Waals surface area contributed by atoms with Gasteiger partial charge in [0.25, 0.3) is 0 Å². The van der Waals surface area contributed by atoms with E-state index >= 15 is 0 Å². The summed E-state index contributed by atoms with van der Waals surface area (Å²) in [5, 5.41) is 12.1. The number of allylic oxidation sites excluding steroid dienone is 1. The van der Waals surface area contributed by atoms with Crippen molar-refractivity contribution in [2.24, 2.45) is 46.3 Å². The van der Waals surface area contributed by atoms with E-state index in [1.54, 1.807) is 0 Å². The van der Waals surface area contributed by atoms with Crippen LogP contribution in [0.3, 0.4) is 0 Å². The lowest BCUT2D eigenvalue weighted by atomic mass is 9.53. The molecule has 0 aromatic heterocycles. The highest BCUT2D eigenvalue weighted by Gasteiger charge is 2.70. The Morgan fingerprint density at radius 1 is 1.11 bits per heavy atom. The van der Waals surface area contributed by atoms with Crippen LogP contribution in [0, 0.1) is 46.3 Å². The van der Waals surface area contributed by atoms with E-state index in [0.717, 1.165) is 18.3 Å². The molecule has 1 N–H and O–H groups in total. The van der Waals surface area contributed by atoms with Crippen LogP contribution in [0.15, 0.2) is 24.8 Å². The van der Waals surface area contributed by atoms with Gasteiger partial charge in [-0.25, -0.2) is 0 Å². The molecule has 0 amide bonds. The highest BCUT2D eigenvalue weighted by Crippen LogP contribution is 2.73. The zero-order chi connectivity index (χ0) is 20.3. The Morgan fingerprint density at radius 3 is 2.54 bits per heavy atom. The minimum absolute atomic E-state index is 0.0996. The maximum atomic E-state index is 12.1. The van der Waals surface area contributed by atoms with Gasteiger partial charge >= 0.3 is 0 Å². The van der Waals surface area contributed by atoms with Gasteiger partial charge in [-0.05, 0) is 106 Å². The topological polar surface area (TPSA) is 20.2 Å². The molecule has 0 spiro atoms. The van der Waals surface area contributed by atoms with Gasteiger partial charge in [0.1, 0.15) is 0 Å². The zero-order valence-electron chi connectivity index (χ0n) is 19.0. The molecular weight excluding hydrogens is 340 g/mol.